The van der Waals surface area contributed by atoms with Gasteiger partial charge in [-0.3, -0.25) is 14.9 Å². The van der Waals surface area contributed by atoms with Crippen LogP contribution in [-0.2, 0) is 11.2 Å². The fourth-order valence-electron chi connectivity index (χ4n) is 4.48. The van der Waals surface area contributed by atoms with Crippen molar-refractivity contribution in [3.8, 4) is 21.1 Å². The summed E-state index contributed by atoms with van der Waals surface area (Å²) in [5, 5.41) is 15.1. The number of hydrogen-bond acceptors (Lipinski definition) is 7. The third kappa shape index (κ3) is 5.67. The van der Waals surface area contributed by atoms with Gasteiger partial charge >= 0.3 is 0 Å². The minimum Gasteiger partial charge on any atom is -0.316 e. The summed E-state index contributed by atoms with van der Waals surface area (Å²) in [5.74, 6) is 1.42. The summed E-state index contributed by atoms with van der Waals surface area (Å²) >= 11 is 7.87. The molecule has 3 N–H and O–H groups in total. The van der Waals surface area contributed by atoms with Crippen LogP contribution in [0.15, 0.2) is 55.0 Å². The largest absolute Gasteiger partial charge is 0.316 e. The Bertz CT molecular complexity index is 1280. The maximum absolute atomic E-state index is 11.6. The summed E-state index contributed by atoms with van der Waals surface area (Å²) in [5.41, 5.74) is 4.06. The van der Waals surface area contributed by atoms with E-state index in [2.05, 4.69) is 49.0 Å². The predicted octanol–water partition coefficient (Wildman–Crippen LogP) is 4.67. The van der Waals surface area contributed by atoms with Gasteiger partial charge in [0, 0.05) is 34.8 Å². The van der Waals surface area contributed by atoms with E-state index in [0.717, 1.165) is 57.6 Å². The maximum Gasteiger partial charge on any atom is 0.165 e. The summed E-state index contributed by atoms with van der Waals surface area (Å²) in [6, 6.07) is 14.2. The third-order valence-electron chi connectivity index (χ3n) is 6.21. The van der Waals surface area contributed by atoms with Gasteiger partial charge in [-0.1, -0.05) is 23.7 Å². The Kier molecular flexibility index (Phi) is 7.34. The molecule has 0 spiro atoms. The van der Waals surface area contributed by atoms with Gasteiger partial charge < -0.3 is 10.6 Å². The number of Topliss-reactive ketones (excluding diaryl/α,β-unsaturated/α-hetero) is 1. The molecule has 0 radical (unpaired) electrons. The van der Waals surface area contributed by atoms with Crippen molar-refractivity contribution in [2.45, 2.75) is 25.8 Å². The Balaban J connectivity index is 1.57. The number of nitrogens with zero attached hydrogens (tertiary/aromatic N) is 3. The number of hydrogen-bond donors (Lipinski definition) is 3. The second-order valence-corrected chi connectivity index (χ2v) is 10.4. The number of nitrogens with one attached hydrogen (secondary N) is 3. The first kappa shape index (κ1) is 23.8. The second-order valence-electron chi connectivity index (χ2n) is 8.90. The molecule has 2 atom stereocenters. The molecule has 5 rings (SSSR count). The first-order valence-electron chi connectivity index (χ1n) is 11.7. The molecule has 1 saturated heterocycles. The highest BCUT2D eigenvalue weighted by atomic mass is 35.5. The summed E-state index contributed by atoms with van der Waals surface area (Å²) in [6.45, 7) is 4.58. The number of H-pyrrole nitrogens is 1. The Morgan fingerprint density at radius 1 is 1.23 bits per heavy atom. The Morgan fingerprint density at radius 2 is 2.09 bits per heavy atom. The number of pyridine rings is 1. The summed E-state index contributed by atoms with van der Waals surface area (Å²) in [4.78, 5) is 22.6. The topological polar surface area (TPSA) is 95.6 Å². The van der Waals surface area contributed by atoms with E-state index in [9.17, 15) is 4.79 Å². The monoisotopic (exact) mass is 506 g/mol. The Hall–Kier alpha value is -2.91. The van der Waals surface area contributed by atoms with Crippen LogP contribution in [0.3, 0.4) is 0 Å². The van der Waals surface area contributed by atoms with Gasteiger partial charge in [-0.25, -0.2) is 4.98 Å². The van der Waals surface area contributed by atoms with Crippen LogP contribution in [0.1, 0.15) is 36.2 Å². The van der Waals surface area contributed by atoms with E-state index in [1.807, 2.05) is 24.3 Å². The number of carbonyl (C=O) groups is 1. The predicted molar refractivity (Wildman–Crippen MR) is 140 cm³/mol. The van der Waals surface area contributed by atoms with E-state index >= 15 is 0 Å². The molecule has 1 aliphatic heterocycles. The van der Waals surface area contributed by atoms with E-state index in [4.69, 9.17) is 11.6 Å². The Morgan fingerprint density at radius 3 is 2.80 bits per heavy atom. The second kappa shape index (κ2) is 10.8. The fraction of sp³-hybridized carbons (Fsp3) is 0.308. The number of aromatic amines is 1. The molecule has 180 valence electrons. The minimum atomic E-state index is -0.0449. The average Bonchev–Trinajstić information content (AvgIpc) is 3.62. The van der Waals surface area contributed by atoms with Crippen LogP contribution in [0.2, 0.25) is 5.02 Å². The van der Waals surface area contributed by atoms with Crippen molar-refractivity contribution in [1.82, 2.24) is 30.8 Å². The van der Waals surface area contributed by atoms with E-state index in [0.29, 0.717) is 17.4 Å². The lowest BCUT2D eigenvalue weighted by molar-refractivity contribution is -0.116. The van der Waals surface area contributed by atoms with Crippen LogP contribution in [0, 0.1) is 5.92 Å². The van der Waals surface area contributed by atoms with E-state index in [1.165, 1.54) is 12.7 Å². The van der Waals surface area contributed by atoms with Crippen molar-refractivity contribution in [2.75, 3.05) is 19.6 Å². The summed E-state index contributed by atoms with van der Waals surface area (Å²) in [7, 11) is 0. The lowest BCUT2D eigenvalue weighted by atomic mass is 9.96. The Labute approximate surface area is 213 Å². The molecule has 7 nitrogen and oxygen atoms in total. The molecule has 1 fully saturated rings. The molecule has 0 aliphatic carbocycles. The number of aromatic nitrogens is 4. The normalized spacial score (nSPS) is 16.5. The SMILES string of the molecule is CC(=O)Cc1cc(-c2cc(C(NCC3CCNC3)c3ccc(Cl)cc3)c(-c3ncn[nH]3)s2)ccn1. The van der Waals surface area contributed by atoms with Crippen LogP contribution >= 0.6 is 22.9 Å². The number of rotatable bonds is 9. The van der Waals surface area contributed by atoms with Gasteiger partial charge in [-0.2, -0.15) is 5.10 Å². The van der Waals surface area contributed by atoms with Crippen LogP contribution in [0.4, 0.5) is 0 Å². The molecule has 0 saturated carbocycles. The van der Waals surface area contributed by atoms with Gasteiger partial charge in [0.1, 0.15) is 12.1 Å². The molecule has 3 aromatic heterocycles. The summed E-state index contributed by atoms with van der Waals surface area (Å²) in [6.07, 6.45) is 4.79. The van der Waals surface area contributed by atoms with Crippen LogP contribution in [0.25, 0.3) is 21.1 Å². The molecule has 0 bridgehead atoms. The molecule has 9 heteroatoms. The quantitative estimate of drug-likeness (QED) is 0.305. The van der Waals surface area contributed by atoms with Crippen molar-refractivity contribution < 1.29 is 4.79 Å². The fourth-order valence-corrected chi connectivity index (χ4v) is 5.75. The van der Waals surface area contributed by atoms with Gasteiger partial charge in [-0.05, 0) is 79.4 Å². The molecular formula is C26H27ClN6OS. The lowest BCUT2D eigenvalue weighted by Crippen LogP contribution is -2.29. The molecule has 1 aliphatic rings. The highest BCUT2D eigenvalue weighted by Crippen LogP contribution is 2.41. The van der Waals surface area contributed by atoms with Crippen molar-refractivity contribution in [3.63, 3.8) is 0 Å². The van der Waals surface area contributed by atoms with E-state index < -0.39 is 0 Å². The average molecular weight is 507 g/mol. The minimum absolute atomic E-state index is 0.0449. The molecule has 2 unspecified atom stereocenters. The molecule has 4 heterocycles. The van der Waals surface area contributed by atoms with Gasteiger partial charge in [0.15, 0.2) is 5.82 Å². The van der Waals surface area contributed by atoms with Crippen molar-refractivity contribution in [2.24, 2.45) is 5.92 Å². The van der Waals surface area contributed by atoms with Gasteiger partial charge in [0.05, 0.1) is 10.9 Å². The molecule has 4 aromatic rings. The number of benzene rings is 1. The van der Waals surface area contributed by atoms with Gasteiger partial charge in [-0.15, -0.1) is 11.3 Å². The van der Waals surface area contributed by atoms with E-state index in [-0.39, 0.29) is 11.8 Å². The highest BCUT2D eigenvalue weighted by molar-refractivity contribution is 7.19. The summed E-state index contributed by atoms with van der Waals surface area (Å²) < 4.78 is 0. The number of carbonyl (C=O) groups excluding carboxylic acids is 1. The van der Waals surface area contributed by atoms with Crippen LogP contribution in [-0.4, -0.2) is 45.6 Å². The zero-order valence-corrected chi connectivity index (χ0v) is 21.0. The smallest absolute Gasteiger partial charge is 0.165 e. The molecule has 1 aromatic carbocycles. The van der Waals surface area contributed by atoms with E-state index in [1.54, 1.807) is 24.5 Å². The lowest BCUT2D eigenvalue weighted by Gasteiger charge is -2.22. The van der Waals surface area contributed by atoms with Gasteiger partial charge in [0.25, 0.3) is 0 Å². The first-order chi connectivity index (χ1) is 17.1. The highest BCUT2D eigenvalue weighted by Gasteiger charge is 2.25. The van der Waals surface area contributed by atoms with Crippen molar-refractivity contribution in [3.05, 3.63) is 76.8 Å². The molecular weight excluding hydrogens is 480 g/mol. The maximum atomic E-state index is 11.6. The third-order valence-corrected chi connectivity index (χ3v) is 7.67. The van der Waals surface area contributed by atoms with Crippen molar-refractivity contribution in [1.29, 1.82) is 0 Å². The van der Waals surface area contributed by atoms with Gasteiger partial charge in [0.2, 0.25) is 0 Å². The first-order valence-corrected chi connectivity index (χ1v) is 12.9. The van der Waals surface area contributed by atoms with Crippen LogP contribution < -0.4 is 10.6 Å². The number of ketones is 1. The zero-order valence-electron chi connectivity index (χ0n) is 19.4. The standard InChI is InChI=1S/C26H27ClN6OS/c1-16(34)10-21-11-19(7-9-29-21)23-12-22(25(35-23)26-31-15-32-33-26)24(18-2-4-20(27)5-3-18)30-14-17-6-8-28-13-17/h2-5,7,9,11-12,15,17,24,28,30H,6,8,10,13-14H2,1H3,(H,31,32,33). The number of thiophene rings is 1. The van der Waals surface area contributed by atoms with Crippen LogP contribution in [0.5, 0.6) is 0 Å². The zero-order chi connectivity index (χ0) is 24.2. The number of halogens is 1. The van der Waals surface area contributed by atoms with Crippen molar-refractivity contribution >= 4 is 28.7 Å². The molecule has 35 heavy (non-hydrogen) atoms. The molecule has 0 amide bonds.